The summed E-state index contributed by atoms with van der Waals surface area (Å²) in [6.07, 6.45) is 0. The number of ether oxygens (including phenoxy) is 1. The SMILES string of the molecule is COc1ccc(NC(=O)CNS(=O)(=O)c2ccc(C)cc2)cc1. The summed E-state index contributed by atoms with van der Waals surface area (Å²) >= 11 is 0. The monoisotopic (exact) mass is 334 g/mol. The molecule has 0 aliphatic heterocycles. The average Bonchev–Trinajstić information content (AvgIpc) is 2.54. The second kappa shape index (κ2) is 7.26. The normalized spacial score (nSPS) is 11.0. The van der Waals surface area contributed by atoms with E-state index in [9.17, 15) is 13.2 Å². The third kappa shape index (κ3) is 4.80. The molecular weight excluding hydrogens is 316 g/mol. The molecule has 2 aromatic rings. The molecule has 1 amide bonds. The molecule has 0 aliphatic carbocycles. The van der Waals surface area contributed by atoms with E-state index in [1.807, 2.05) is 6.92 Å². The number of amides is 1. The lowest BCUT2D eigenvalue weighted by atomic mass is 10.2. The summed E-state index contributed by atoms with van der Waals surface area (Å²) in [5, 5.41) is 2.60. The van der Waals surface area contributed by atoms with Crippen molar-refractivity contribution in [3.63, 3.8) is 0 Å². The van der Waals surface area contributed by atoms with E-state index in [-0.39, 0.29) is 11.4 Å². The summed E-state index contributed by atoms with van der Waals surface area (Å²) in [5.41, 5.74) is 1.52. The van der Waals surface area contributed by atoms with Crippen LogP contribution in [-0.2, 0) is 14.8 Å². The molecule has 0 bridgehead atoms. The number of hydrogen-bond acceptors (Lipinski definition) is 4. The van der Waals surface area contributed by atoms with Gasteiger partial charge in [0.2, 0.25) is 15.9 Å². The van der Waals surface area contributed by atoms with Gasteiger partial charge in [0.25, 0.3) is 0 Å². The smallest absolute Gasteiger partial charge is 0.241 e. The third-order valence-corrected chi connectivity index (χ3v) is 4.54. The van der Waals surface area contributed by atoms with Crippen molar-refractivity contribution in [2.75, 3.05) is 19.0 Å². The molecule has 2 N–H and O–H groups in total. The number of hydrogen-bond donors (Lipinski definition) is 2. The maximum atomic E-state index is 12.1. The molecule has 23 heavy (non-hydrogen) atoms. The maximum Gasteiger partial charge on any atom is 0.241 e. The van der Waals surface area contributed by atoms with E-state index in [1.165, 1.54) is 12.1 Å². The Morgan fingerprint density at radius 2 is 1.65 bits per heavy atom. The highest BCUT2D eigenvalue weighted by molar-refractivity contribution is 7.89. The molecule has 2 aromatic carbocycles. The fourth-order valence-electron chi connectivity index (χ4n) is 1.84. The Hall–Kier alpha value is -2.38. The van der Waals surface area contributed by atoms with Gasteiger partial charge in [-0.05, 0) is 43.3 Å². The molecule has 7 heteroatoms. The van der Waals surface area contributed by atoms with Crippen LogP contribution in [-0.4, -0.2) is 28.0 Å². The van der Waals surface area contributed by atoms with Gasteiger partial charge in [0, 0.05) is 5.69 Å². The quantitative estimate of drug-likeness (QED) is 0.845. The molecule has 0 spiro atoms. The predicted molar refractivity (Wildman–Crippen MR) is 88.0 cm³/mol. The van der Waals surface area contributed by atoms with Crippen LogP contribution in [0.25, 0.3) is 0 Å². The van der Waals surface area contributed by atoms with Crippen molar-refractivity contribution in [2.45, 2.75) is 11.8 Å². The fourth-order valence-corrected chi connectivity index (χ4v) is 2.82. The molecule has 0 unspecified atom stereocenters. The lowest BCUT2D eigenvalue weighted by Crippen LogP contribution is -2.32. The van der Waals surface area contributed by atoms with Crippen LogP contribution in [0, 0.1) is 6.92 Å². The van der Waals surface area contributed by atoms with Crippen molar-refractivity contribution in [1.29, 1.82) is 0 Å². The van der Waals surface area contributed by atoms with Gasteiger partial charge >= 0.3 is 0 Å². The molecule has 2 rings (SSSR count). The summed E-state index contributed by atoms with van der Waals surface area (Å²) in [4.78, 5) is 12.0. The molecule has 0 heterocycles. The molecule has 0 atom stereocenters. The highest BCUT2D eigenvalue weighted by Gasteiger charge is 2.15. The van der Waals surface area contributed by atoms with Crippen LogP contribution in [0.5, 0.6) is 5.75 Å². The van der Waals surface area contributed by atoms with Crippen LogP contribution in [0.2, 0.25) is 0 Å². The Bertz CT molecular complexity index is 769. The Labute approximate surface area is 135 Å². The molecule has 122 valence electrons. The molecule has 0 saturated heterocycles. The van der Waals surface area contributed by atoms with E-state index in [1.54, 1.807) is 43.5 Å². The first-order chi connectivity index (χ1) is 10.9. The Morgan fingerprint density at radius 3 is 2.22 bits per heavy atom. The number of rotatable bonds is 6. The molecule has 0 saturated carbocycles. The van der Waals surface area contributed by atoms with Gasteiger partial charge in [0.05, 0.1) is 18.6 Å². The summed E-state index contributed by atoms with van der Waals surface area (Å²) in [6, 6.07) is 13.1. The van der Waals surface area contributed by atoms with Crippen molar-refractivity contribution >= 4 is 21.6 Å². The molecule has 0 fully saturated rings. The number of carbonyl (C=O) groups excluding carboxylic acids is 1. The van der Waals surface area contributed by atoms with Crippen molar-refractivity contribution < 1.29 is 17.9 Å². The van der Waals surface area contributed by atoms with E-state index in [0.29, 0.717) is 11.4 Å². The van der Waals surface area contributed by atoms with Gasteiger partial charge in [0.15, 0.2) is 0 Å². The Kier molecular flexibility index (Phi) is 5.36. The molecule has 0 aromatic heterocycles. The van der Waals surface area contributed by atoms with Crippen LogP contribution in [0.1, 0.15) is 5.56 Å². The maximum absolute atomic E-state index is 12.1. The minimum Gasteiger partial charge on any atom is -0.497 e. The molecule has 6 nitrogen and oxygen atoms in total. The number of anilines is 1. The number of benzene rings is 2. The van der Waals surface area contributed by atoms with Crippen molar-refractivity contribution in [2.24, 2.45) is 0 Å². The Balaban J connectivity index is 1.93. The summed E-state index contributed by atoms with van der Waals surface area (Å²) in [7, 11) is -2.16. The third-order valence-electron chi connectivity index (χ3n) is 3.13. The predicted octanol–water partition coefficient (Wildman–Crippen LogP) is 1.92. The first kappa shape index (κ1) is 17.0. The van der Waals surface area contributed by atoms with Crippen LogP contribution in [0.4, 0.5) is 5.69 Å². The standard InChI is InChI=1S/C16H18N2O4S/c1-12-3-9-15(10-4-12)23(20,21)17-11-16(19)18-13-5-7-14(22-2)8-6-13/h3-10,17H,11H2,1-2H3,(H,18,19). The highest BCUT2D eigenvalue weighted by Crippen LogP contribution is 2.15. The Morgan fingerprint density at radius 1 is 1.04 bits per heavy atom. The zero-order valence-corrected chi connectivity index (χ0v) is 13.7. The van der Waals surface area contributed by atoms with Gasteiger partial charge in [0.1, 0.15) is 5.75 Å². The number of nitrogens with one attached hydrogen (secondary N) is 2. The highest BCUT2D eigenvalue weighted by atomic mass is 32.2. The second-order valence-corrected chi connectivity index (χ2v) is 6.68. The van der Waals surface area contributed by atoms with Crippen LogP contribution >= 0.6 is 0 Å². The van der Waals surface area contributed by atoms with Crippen LogP contribution in [0.3, 0.4) is 0 Å². The van der Waals surface area contributed by atoms with E-state index in [0.717, 1.165) is 5.56 Å². The van der Waals surface area contributed by atoms with Gasteiger partial charge in [-0.3, -0.25) is 4.79 Å². The summed E-state index contributed by atoms with van der Waals surface area (Å²) in [6.45, 7) is 1.52. The topological polar surface area (TPSA) is 84.5 Å². The molecule has 0 aliphatic rings. The minimum atomic E-state index is -3.71. The zero-order chi connectivity index (χ0) is 16.9. The molecule has 0 radical (unpaired) electrons. The van der Waals surface area contributed by atoms with E-state index in [2.05, 4.69) is 10.0 Å². The summed E-state index contributed by atoms with van der Waals surface area (Å²) < 4.78 is 31.4. The largest absolute Gasteiger partial charge is 0.497 e. The summed E-state index contributed by atoms with van der Waals surface area (Å²) in [5.74, 6) is 0.217. The number of methoxy groups -OCH3 is 1. The first-order valence-electron chi connectivity index (χ1n) is 6.91. The van der Waals surface area contributed by atoms with Gasteiger partial charge in [-0.2, -0.15) is 0 Å². The van der Waals surface area contributed by atoms with E-state index < -0.39 is 15.9 Å². The lowest BCUT2D eigenvalue weighted by Gasteiger charge is -2.08. The van der Waals surface area contributed by atoms with E-state index >= 15 is 0 Å². The van der Waals surface area contributed by atoms with Crippen molar-refractivity contribution in [1.82, 2.24) is 4.72 Å². The van der Waals surface area contributed by atoms with Crippen LogP contribution in [0.15, 0.2) is 53.4 Å². The lowest BCUT2D eigenvalue weighted by molar-refractivity contribution is -0.115. The van der Waals surface area contributed by atoms with Gasteiger partial charge < -0.3 is 10.1 Å². The number of sulfonamides is 1. The van der Waals surface area contributed by atoms with Crippen molar-refractivity contribution in [3.05, 3.63) is 54.1 Å². The average molecular weight is 334 g/mol. The van der Waals surface area contributed by atoms with E-state index in [4.69, 9.17) is 4.74 Å². The fraction of sp³-hybridized carbons (Fsp3) is 0.188. The van der Waals surface area contributed by atoms with Gasteiger partial charge in [-0.25, -0.2) is 13.1 Å². The number of carbonyl (C=O) groups is 1. The van der Waals surface area contributed by atoms with Gasteiger partial charge in [-0.15, -0.1) is 0 Å². The minimum absolute atomic E-state index is 0.125. The first-order valence-corrected chi connectivity index (χ1v) is 8.39. The van der Waals surface area contributed by atoms with Crippen LogP contribution < -0.4 is 14.8 Å². The van der Waals surface area contributed by atoms with Gasteiger partial charge in [-0.1, -0.05) is 17.7 Å². The second-order valence-electron chi connectivity index (χ2n) is 4.91. The van der Waals surface area contributed by atoms with Crippen molar-refractivity contribution in [3.8, 4) is 5.75 Å². The molecular formula is C16H18N2O4S. The number of aryl methyl sites for hydroxylation is 1. The zero-order valence-electron chi connectivity index (χ0n) is 12.9.